The van der Waals surface area contributed by atoms with Crippen LogP contribution in [-0.2, 0) is 16.1 Å². The number of hydrogen-bond acceptors (Lipinski definition) is 2. The lowest BCUT2D eigenvalue weighted by molar-refractivity contribution is -0.145. The maximum Gasteiger partial charge on any atom is 0.306 e. The molecule has 0 aliphatic heterocycles. The number of rotatable bonds is 17. The Morgan fingerprint density at radius 1 is 0.742 bits per heavy atom. The summed E-state index contributed by atoms with van der Waals surface area (Å²) in [5.41, 5.74) is 1.05. The molecule has 0 saturated carbocycles. The van der Waals surface area contributed by atoms with Gasteiger partial charge in [0.05, 0.1) is 0 Å². The number of benzene rings is 2. The maximum atomic E-state index is 12.0. The molecular weight excluding hydrogens is 380 g/mol. The number of unbranched alkanes of at least 4 members (excludes halogenated alkanes) is 11. The van der Waals surface area contributed by atoms with Crippen molar-refractivity contribution in [2.24, 2.45) is 0 Å². The third-order valence-corrected chi connectivity index (χ3v) is 5.86. The van der Waals surface area contributed by atoms with Gasteiger partial charge < -0.3 is 4.74 Å². The molecular formula is C29H42O2. The molecule has 170 valence electrons. The number of fused-ring (bicyclic) bond motifs is 1. The predicted molar refractivity (Wildman–Crippen MR) is 133 cm³/mol. The van der Waals surface area contributed by atoms with Gasteiger partial charge in [-0.2, -0.15) is 0 Å². The van der Waals surface area contributed by atoms with E-state index in [1.54, 1.807) is 0 Å². The number of ether oxygens (including phenoxy) is 1. The average Bonchev–Trinajstić information content (AvgIpc) is 2.80. The van der Waals surface area contributed by atoms with Crippen LogP contribution >= 0.6 is 0 Å². The molecule has 2 nitrogen and oxygen atoms in total. The van der Waals surface area contributed by atoms with Gasteiger partial charge in [-0.05, 0) is 54.5 Å². The molecule has 0 spiro atoms. The van der Waals surface area contributed by atoms with E-state index in [1.807, 2.05) is 18.2 Å². The molecule has 2 aromatic rings. The topological polar surface area (TPSA) is 26.3 Å². The van der Waals surface area contributed by atoms with Crippen LogP contribution in [0.3, 0.4) is 0 Å². The Morgan fingerprint density at radius 3 is 2.06 bits per heavy atom. The quantitative estimate of drug-likeness (QED) is 0.144. The molecule has 0 aromatic heterocycles. The zero-order valence-corrected chi connectivity index (χ0v) is 19.6. The number of allylic oxidation sites excluding steroid dienone is 2. The van der Waals surface area contributed by atoms with Crippen LogP contribution in [0.1, 0.15) is 102 Å². The van der Waals surface area contributed by atoms with Crippen molar-refractivity contribution in [3.63, 3.8) is 0 Å². The summed E-state index contributed by atoms with van der Waals surface area (Å²) in [6.07, 6.45) is 21.8. The first kappa shape index (κ1) is 25.2. The minimum absolute atomic E-state index is 0.0909. The smallest absolute Gasteiger partial charge is 0.306 e. The second kappa shape index (κ2) is 16.6. The maximum absolute atomic E-state index is 12.0. The van der Waals surface area contributed by atoms with Crippen molar-refractivity contribution in [1.29, 1.82) is 0 Å². The summed E-state index contributed by atoms with van der Waals surface area (Å²) in [5.74, 6) is -0.0909. The first-order chi connectivity index (χ1) is 15.3. The predicted octanol–water partition coefficient (Wildman–Crippen LogP) is 8.92. The summed E-state index contributed by atoms with van der Waals surface area (Å²) < 4.78 is 5.44. The highest BCUT2D eigenvalue weighted by Gasteiger charge is 2.04. The van der Waals surface area contributed by atoms with Gasteiger partial charge in [0.2, 0.25) is 0 Å². The Balaban J connectivity index is 1.41. The number of hydrogen-bond donors (Lipinski definition) is 0. The van der Waals surface area contributed by atoms with Crippen molar-refractivity contribution in [3.05, 3.63) is 60.2 Å². The van der Waals surface area contributed by atoms with Gasteiger partial charge in [0.25, 0.3) is 0 Å². The van der Waals surface area contributed by atoms with E-state index in [1.165, 1.54) is 75.0 Å². The molecule has 0 radical (unpaired) electrons. The van der Waals surface area contributed by atoms with E-state index in [0.29, 0.717) is 13.0 Å². The van der Waals surface area contributed by atoms with Crippen LogP contribution in [0.25, 0.3) is 10.8 Å². The number of carbonyl (C=O) groups excluding carboxylic acids is 1. The summed E-state index contributed by atoms with van der Waals surface area (Å²) in [6.45, 7) is 2.64. The van der Waals surface area contributed by atoms with Crippen LogP contribution in [0.5, 0.6) is 0 Å². The molecule has 0 aliphatic carbocycles. The van der Waals surface area contributed by atoms with Crippen molar-refractivity contribution < 1.29 is 9.53 Å². The van der Waals surface area contributed by atoms with Crippen LogP contribution in [0, 0.1) is 0 Å². The van der Waals surface area contributed by atoms with Gasteiger partial charge in [-0.1, -0.05) is 107 Å². The van der Waals surface area contributed by atoms with Crippen molar-refractivity contribution in [2.75, 3.05) is 0 Å². The Bertz CT molecular complexity index is 762. The standard InChI is InChI=1S/C29H42O2/c1-2-3-4-5-6-7-8-9-10-11-12-13-14-15-16-21-29(30)31-25-26-22-23-27-19-17-18-20-28(27)24-26/h12-13,17-20,22-24H,2-11,14-16,21,25H2,1H3/b13-12-. The minimum atomic E-state index is -0.0909. The van der Waals surface area contributed by atoms with Crippen molar-refractivity contribution in [3.8, 4) is 0 Å². The summed E-state index contributed by atoms with van der Waals surface area (Å²) >= 11 is 0. The average molecular weight is 423 g/mol. The molecule has 0 bridgehead atoms. The van der Waals surface area contributed by atoms with Crippen molar-refractivity contribution in [1.82, 2.24) is 0 Å². The summed E-state index contributed by atoms with van der Waals surface area (Å²) in [4.78, 5) is 12.0. The van der Waals surface area contributed by atoms with Crippen LogP contribution < -0.4 is 0 Å². The molecule has 0 unspecified atom stereocenters. The normalized spacial score (nSPS) is 11.4. The molecule has 0 aliphatic rings. The van der Waals surface area contributed by atoms with Crippen molar-refractivity contribution >= 4 is 16.7 Å². The molecule has 0 N–H and O–H groups in total. The summed E-state index contributed by atoms with van der Waals surface area (Å²) in [5, 5.41) is 2.40. The fraction of sp³-hybridized carbons (Fsp3) is 0.552. The van der Waals surface area contributed by atoms with Crippen LogP contribution in [0.4, 0.5) is 0 Å². The van der Waals surface area contributed by atoms with Crippen LogP contribution in [0.2, 0.25) is 0 Å². The third-order valence-electron chi connectivity index (χ3n) is 5.86. The first-order valence-electron chi connectivity index (χ1n) is 12.6. The molecule has 0 heterocycles. The highest BCUT2D eigenvalue weighted by atomic mass is 16.5. The van der Waals surface area contributed by atoms with Crippen molar-refractivity contribution in [2.45, 2.75) is 103 Å². The van der Waals surface area contributed by atoms with Gasteiger partial charge in [-0.25, -0.2) is 0 Å². The molecule has 0 fully saturated rings. The van der Waals surface area contributed by atoms with Crippen LogP contribution in [-0.4, -0.2) is 5.97 Å². The van der Waals surface area contributed by atoms with E-state index < -0.39 is 0 Å². The van der Waals surface area contributed by atoms with E-state index in [2.05, 4.69) is 43.3 Å². The fourth-order valence-corrected chi connectivity index (χ4v) is 3.90. The highest BCUT2D eigenvalue weighted by molar-refractivity contribution is 5.83. The number of carbonyl (C=O) groups is 1. The lowest BCUT2D eigenvalue weighted by Gasteiger charge is -2.06. The summed E-state index contributed by atoms with van der Waals surface area (Å²) in [6, 6.07) is 14.5. The van der Waals surface area contributed by atoms with E-state index in [-0.39, 0.29) is 5.97 Å². The van der Waals surface area contributed by atoms with Gasteiger partial charge in [0, 0.05) is 6.42 Å². The Labute approximate surface area is 190 Å². The Hall–Kier alpha value is -2.09. The Morgan fingerprint density at radius 2 is 1.35 bits per heavy atom. The van der Waals surface area contributed by atoms with Gasteiger partial charge in [0.15, 0.2) is 0 Å². The summed E-state index contributed by atoms with van der Waals surface area (Å²) in [7, 11) is 0. The van der Waals surface area contributed by atoms with Gasteiger partial charge in [-0.3, -0.25) is 4.79 Å². The minimum Gasteiger partial charge on any atom is -0.461 e. The second-order valence-electron chi connectivity index (χ2n) is 8.68. The monoisotopic (exact) mass is 422 g/mol. The largest absolute Gasteiger partial charge is 0.461 e. The van der Waals surface area contributed by atoms with Gasteiger partial charge in [-0.15, -0.1) is 0 Å². The zero-order chi connectivity index (χ0) is 22.0. The highest BCUT2D eigenvalue weighted by Crippen LogP contribution is 2.16. The molecule has 2 aromatic carbocycles. The molecule has 2 rings (SSSR count). The molecule has 31 heavy (non-hydrogen) atoms. The van der Waals surface area contributed by atoms with E-state index in [9.17, 15) is 4.79 Å². The van der Waals surface area contributed by atoms with Crippen LogP contribution in [0.15, 0.2) is 54.6 Å². The second-order valence-corrected chi connectivity index (χ2v) is 8.68. The van der Waals surface area contributed by atoms with E-state index >= 15 is 0 Å². The van der Waals surface area contributed by atoms with E-state index in [0.717, 1.165) is 24.8 Å². The molecule has 0 saturated heterocycles. The van der Waals surface area contributed by atoms with Gasteiger partial charge in [0.1, 0.15) is 6.61 Å². The Kier molecular flexibility index (Phi) is 13.5. The fourth-order valence-electron chi connectivity index (χ4n) is 3.90. The van der Waals surface area contributed by atoms with Gasteiger partial charge >= 0.3 is 5.97 Å². The SMILES string of the molecule is CCCCCCCCCCC/C=C\CCCCC(=O)OCc1ccc2ccccc2c1. The molecule has 0 atom stereocenters. The third kappa shape index (κ3) is 11.8. The lowest BCUT2D eigenvalue weighted by Crippen LogP contribution is -2.04. The number of esters is 1. The lowest BCUT2D eigenvalue weighted by atomic mass is 10.1. The zero-order valence-electron chi connectivity index (χ0n) is 19.6. The molecule has 0 amide bonds. The first-order valence-corrected chi connectivity index (χ1v) is 12.6. The van der Waals surface area contributed by atoms with E-state index in [4.69, 9.17) is 4.74 Å². The molecule has 2 heteroatoms.